The largest absolute Gasteiger partial charge is 0.309 e. The van der Waals surface area contributed by atoms with Crippen molar-refractivity contribution in [3.05, 3.63) is 34.9 Å². The lowest BCUT2D eigenvalue weighted by molar-refractivity contribution is 0.580. The van der Waals surface area contributed by atoms with Gasteiger partial charge in [0.1, 0.15) is 0 Å². The molecular weight excluding hydrogens is 272 g/mol. The number of sulfonamides is 1. The molecule has 1 saturated carbocycles. The van der Waals surface area contributed by atoms with Crippen molar-refractivity contribution in [2.24, 2.45) is 0 Å². The van der Waals surface area contributed by atoms with Crippen LogP contribution in [0.1, 0.15) is 29.5 Å². The summed E-state index contributed by atoms with van der Waals surface area (Å²) in [4.78, 5) is 0. The highest BCUT2D eigenvalue weighted by Crippen LogP contribution is 2.27. The molecular formula is C12H17ClN2O2S. The Labute approximate surface area is 114 Å². The second-order valence-corrected chi connectivity index (χ2v) is 6.82. The molecule has 0 amide bonds. The molecule has 0 aromatic heterocycles. The average molecular weight is 289 g/mol. The molecule has 18 heavy (non-hydrogen) atoms. The van der Waals surface area contributed by atoms with Crippen LogP contribution in [0.5, 0.6) is 0 Å². The summed E-state index contributed by atoms with van der Waals surface area (Å²) in [6.07, 6.45) is 1.62. The van der Waals surface area contributed by atoms with Crippen molar-refractivity contribution in [3.8, 4) is 0 Å². The lowest BCUT2D eigenvalue weighted by atomic mass is 10.1. The predicted octanol–water partition coefficient (Wildman–Crippen LogP) is 1.29. The zero-order chi connectivity index (χ0) is 11.9. The maximum Gasteiger partial charge on any atom is 0.214 e. The van der Waals surface area contributed by atoms with Gasteiger partial charge in [0.05, 0.1) is 5.25 Å². The van der Waals surface area contributed by atoms with Crippen molar-refractivity contribution < 1.29 is 8.42 Å². The van der Waals surface area contributed by atoms with Crippen molar-refractivity contribution >= 4 is 22.4 Å². The summed E-state index contributed by atoms with van der Waals surface area (Å²) in [5, 5.41) is 3.14. The summed E-state index contributed by atoms with van der Waals surface area (Å²) in [6, 6.07) is 6.17. The fourth-order valence-corrected chi connectivity index (χ4v) is 3.50. The summed E-state index contributed by atoms with van der Waals surface area (Å²) >= 11 is 0. The first kappa shape index (κ1) is 13.8. The monoisotopic (exact) mass is 288 g/mol. The lowest BCUT2D eigenvalue weighted by Crippen LogP contribution is -2.26. The van der Waals surface area contributed by atoms with E-state index in [1.807, 2.05) is 6.07 Å². The number of hydrogen-bond donors (Lipinski definition) is 2. The van der Waals surface area contributed by atoms with Gasteiger partial charge in [-0.15, -0.1) is 12.4 Å². The van der Waals surface area contributed by atoms with E-state index < -0.39 is 10.0 Å². The number of rotatable bonds is 4. The molecule has 0 saturated heterocycles. The molecule has 0 bridgehead atoms. The predicted molar refractivity (Wildman–Crippen MR) is 73.0 cm³/mol. The van der Waals surface area contributed by atoms with Crippen LogP contribution >= 0.6 is 12.4 Å². The second kappa shape index (κ2) is 5.17. The van der Waals surface area contributed by atoms with Gasteiger partial charge < -0.3 is 5.32 Å². The quantitative estimate of drug-likeness (QED) is 0.878. The molecule has 1 aromatic carbocycles. The van der Waals surface area contributed by atoms with E-state index in [1.165, 1.54) is 11.1 Å². The van der Waals surface area contributed by atoms with Crippen LogP contribution in [-0.2, 0) is 29.7 Å². The summed E-state index contributed by atoms with van der Waals surface area (Å²) in [5.41, 5.74) is 3.64. The Hall–Kier alpha value is -0.620. The average Bonchev–Trinajstić information content (AvgIpc) is 3.07. The van der Waals surface area contributed by atoms with E-state index in [0.717, 1.165) is 31.5 Å². The first-order valence-electron chi connectivity index (χ1n) is 5.95. The zero-order valence-electron chi connectivity index (χ0n) is 9.98. The fraction of sp³-hybridized carbons (Fsp3) is 0.500. The Morgan fingerprint density at radius 3 is 2.67 bits per heavy atom. The van der Waals surface area contributed by atoms with Crippen LogP contribution in [0.25, 0.3) is 0 Å². The van der Waals surface area contributed by atoms with Gasteiger partial charge in [-0.25, -0.2) is 13.1 Å². The highest BCUT2D eigenvalue weighted by molar-refractivity contribution is 7.90. The fourth-order valence-electron chi connectivity index (χ4n) is 2.14. The molecule has 0 spiro atoms. The molecule has 1 aliphatic heterocycles. The number of hydrogen-bond acceptors (Lipinski definition) is 3. The van der Waals surface area contributed by atoms with Gasteiger partial charge in [0.2, 0.25) is 10.0 Å². The van der Waals surface area contributed by atoms with E-state index in [4.69, 9.17) is 0 Å². The molecule has 1 aliphatic carbocycles. The van der Waals surface area contributed by atoms with Gasteiger partial charge in [-0.3, -0.25) is 0 Å². The van der Waals surface area contributed by atoms with Gasteiger partial charge in [0.15, 0.2) is 0 Å². The van der Waals surface area contributed by atoms with E-state index in [9.17, 15) is 8.42 Å². The third-order valence-corrected chi connectivity index (χ3v) is 5.24. The Morgan fingerprint density at radius 1 is 1.22 bits per heavy atom. The molecule has 2 N–H and O–H groups in total. The molecule has 2 aliphatic rings. The number of benzene rings is 1. The Balaban J connectivity index is 0.00000120. The Bertz CT molecular complexity index is 541. The number of halogens is 1. The van der Waals surface area contributed by atoms with Gasteiger partial charge >= 0.3 is 0 Å². The van der Waals surface area contributed by atoms with Crippen LogP contribution in [0.2, 0.25) is 0 Å². The smallest absolute Gasteiger partial charge is 0.214 e. The van der Waals surface area contributed by atoms with Crippen molar-refractivity contribution in [3.63, 3.8) is 0 Å². The molecule has 0 radical (unpaired) electrons. The number of fused-ring (bicyclic) bond motifs is 1. The SMILES string of the molecule is Cl.O=S(=O)(NCc1ccc2c(c1)CNC2)C1CC1. The maximum atomic E-state index is 11.7. The van der Waals surface area contributed by atoms with Crippen molar-refractivity contribution in [1.82, 2.24) is 10.0 Å². The minimum Gasteiger partial charge on any atom is -0.309 e. The van der Waals surface area contributed by atoms with Crippen LogP contribution < -0.4 is 10.0 Å². The van der Waals surface area contributed by atoms with E-state index in [2.05, 4.69) is 22.2 Å². The van der Waals surface area contributed by atoms with Crippen LogP contribution in [0.3, 0.4) is 0 Å². The van der Waals surface area contributed by atoms with Gasteiger partial charge in [0, 0.05) is 19.6 Å². The minimum atomic E-state index is -3.06. The van der Waals surface area contributed by atoms with Crippen molar-refractivity contribution in [2.45, 2.75) is 37.7 Å². The number of nitrogens with one attached hydrogen (secondary N) is 2. The Kier molecular flexibility index (Phi) is 3.96. The molecule has 1 aromatic rings. The second-order valence-electron chi connectivity index (χ2n) is 4.77. The molecule has 4 nitrogen and oxygen atoms in total. The molecule has 0 atom stereocenters. The van der Waals surface area contributed by atoms with Gasteiger partial charge in [-0.1, -0.05) is 18.2 Å². The van der Waals surface area contributed by atoms with Gasteiger partial charge in [0.25, 0.3) is 0 Å². The first-order chi connectivity index (χ1) is 8.15. The highest BCUT2D eigenvalue weighted by atomic mass is 35.5. The summed E-state index contributed by atoms with van der Waals surface area (Å²) in [5.74, 6) is 0. The first-order valence-corrected chi connectivity index (χ1v) is 7.50. The third-order valence-electron chi connectivity index (χ3n) is 3.34. The summed E-state index contributed by atoms with van der Waals surface area (Å²) in [6.45, 7) is 2.22. The van der Waals surface area contributed by atoms with E-state index >= 15 is 0 Å². The van der Waals surface area contributed by atoms with E-state index in [0.29, 0.717) is 6.54 Å². The molecule has 1 heterocycles. The Morgan fingerprint density at radius 2 is 1.94 bits per heavy atom. The normalized spacial score (nSPS) is 18.2. The van der Waals surface area contributed by atoms with E-state index in [-0.39, 0.29) is 17.7 Å². The van der Waals surface area contributed by atoms with Crippen molar-refractivity contribution in [1.29, 1.82) is 0 Å². The summed E-state index contributed by atoms with van der Waals surface area (Å²) in [7, 11) is -3.06. The van der Waals surface area contributed by atoms with Crippen LogP contribution in [0.15, 0.2) is 18.2 Å². The standard InChI is InChI=1S/C12H16N2O2S.ClH/c15-17(16,12-3-4-12)14-6-9-1-2-10-7-13-8-11(10)5-9;/h1-2,5,12-14H,3-4,6-8H2;1H. The van der Waals surface area contributed by atoms with Crippen molar-refractivity contribution in [2.75, 3.05) is 0 Å². The lowest BCUT2D eigenvalue weighted by Gasteiger charge is -2.07. The zero-order valence-corrected chi connectivity index (χ0v) is 11.6. The third kappa shape index (κ3) is 2.85. The van der Waals surface area contributed by atoms with E-state index in [1.54, 1.807) is 0 Å². The molecule has 0 unspecified atom stereocenters. The summed E-state index contributed by atoms with van der Waals surface area (Å²) < 4.78 is 26.0. The topological polar surface area (TPSA) is 58.2 Å². The highest BCUT2D eigenvalue weighted by Gasteiger charge is 2.35. The maximum absolute atomic E-state index is 11.7. The molecule has 1 fully saturated rings. The molecule has 100 valence electrons. The van der Waals surface area contributed by atoms with Crippen LogP contribution in [-0.4, -0.2) is 13.7 Å². The van der Waals surface area contributed by atoms with Crippen LogP contribution in [0, 0.1) is 0 Å². The molecule has 6 heteroatoms. The molecule has 3 rings (SSSR count). The van der Waals surface area contributed by atoms with Gasteiger partial charge in [-0.2, -0.15) is 0 Å². The van der Waals surface area contributed by atoms with Gasteiger partial charge in [-0.05, 0) is 29.5 Å². The van der Waals surface area contributed by atoms with Crippen LogP contribution in [0.4, 0.5) is 0 Å². The minimum absolute atomic E-state index is 0.